The first-order chi connectivity index (χ1) is 8.58. The lowest BCUT2D eigenvalue weighted by Crippen LogP contribution is -1.90. The number of halogens is 1. The van der Waals surface area contributed by atoms with Crippen molar-refractivity contribution in [3.05, 3.63) is 44.7 Å². The molecule has 0 saturated heterocycles. The Morgan fingerprint density at radius 2 is 2.39 bits per heavy atom. The molecule has 0 atom stereocenters. The maximum Gasteiger partial charge on any atom is 0.345 e. The number of pyridine rings is 1. The molecular weight excluding hydrogens is 290 g/mol. The van der Waals surface area contributed by atoms with Crippen LogP contribution in [0.4, 0.5) is 0 Å². The van der Waals surface area contributed by atoms with Crippen LogP contribution in [0.2, 0.25) is 5.02 Å². The molecule has 2 aromatic rings. The summed E-state index contributed by atoms with van der Waals surface area (Å²) in [5.41, 5.74) is 1.02. The van der Waals surface area contributed by atoms with Crippen molar-refractivity contribution < 1.29 is 9.90 Å². The summed E-state index contributed by atoms with van der Waals surface area (Å²) in [4.78, 5) is 16.4. The van der Waals surface area contributed by atoms with E-state index in [1.165, 1.54) is 23.1 Å². The number of hydrogen-bond donors (Lipinski definition) is 1. The number of carboxylic acid groups (broad SMARTS) is 1. The normalized spacial score (nSPS) is 10.6. The van der Waals surface area contributed by atoms with Crippen molar-refractivity contribution in [2.45, 2.75) is 17.7 Å². The Kier molecular flexibility index (Phi) is 4.27. The molecule has 0 aliphatic rings. The molecule has 18 heavy (non-hydrogen) atoms. The number of hydrogen-bond acceptors (Lipinski definition) is 4. The fourth-order valence-corrected chi connectivity index (χ4v) is 3.58. The fourth-order valence-electron chi connectivity index (χ4n) is 1.39. The highest BCUT2D eigenvalue weighted by Gasteiger charge is 2.12. The van der Waals surface area contributed by atoms with Gasteiger partial charge in [-0.15, -0.1) is 23.1 Å². The van der Waals surface area contributed by atoms with Gasteiger partial charge in [-0.2, -0.15) is 0 Å². The molecule has 0 aromatic carbocycles. The summed E-state index contributed by atoms with van der Waals surface area (Å²) in [5, 5.41) is 10.3. The molecule has 1 N–H and O–H groups in total. The van der Waals surface area contributed by atoms with E-state index in [4.69, 9.17) is 16.7 Å². The minimum Gasteiger partial charge on any atom is -0.477 e. The zero-order valence-electron chi connectivity index (χ0n) is 9.51. The zero-order chi connectivity index (χ0) is 13.1. The van der Waals surface area contributed by atoms with Crippen LogP contribution in [0.15, 0.2) is 29.4 Å². The number of carboxylic acids is 1. The van der Waals surface area contributed by atoms with E-state index in [0.29, 0.717) is 15.7 Å². The smallest absolute Gasteiger partial charge is 0.345 e. The lowest BCUT2D eigenvalue weighted by Gasteiger charge is -2.02. The average Bonchev–Trinajstić information content (AvgIpc) is 2.70. The van der Waals surface area contributed by atoms with Gasteiger partial charge in [-0.25, -0.2) is 9.78 Å². The molecule has 0 amide bonds. The van der Waals surface area contributed by atoms with Gasteiger partial charge in [0.25, 0.3) is 0 Å². The van der Waals surface area contributed by atoms with E-state index in [9.17, 15) is 4.79 Å². The van der Waals surface area contributed by atoms with Crippen LogP contribution >= 0.6 is 34.7 Å². The number of aromatic nitrogens is 1. The highest BCUT2D eigenvalue weighted by atomic mass is 35.5. The van der Waals surface area contributed by atoms with Crippen molar-refractivity contribution in [2.75, 3.05) is 0 Å². The van der Waals surface area contributed by atoms with Gasteiger partial charge in [0.15, 0.2) is 0 Å². The highest BCUT2D eigenvalue weighted by molar-refractivity contribution is 7.98. The molecule has 0 aliphatic carbocycles. The second kappa shape index (κ2) is 5.73. The second-order valence-electron chi connectivity index (χ2n) is 3.58. The molecule has 2 heterocycles. The van der Waals surface area contributed by atoms with Crippen molar-refractivity contribution in [3.8, 4) is 0 Å². The van der Waals surface area contributed by atoms with Gasteiger partial charge in [0.2, 0.25) is 0 Å². The van der Waals surface area contributed by atoms with Crippen molar-refractivity contribution in [1.29, 1.82) is 0 Å². The van der Waals surface area contributed by atoms with Crippen molar-refractivity contribution in [3.63, 3.8) is 0 Å². The van der Waals surface area contributed by atoms with Gasteiger partial charge in [-0.05, 0) is 30.7 Å². The molecule has 0 bridgehead atoms. The highest BCUT2D eigenvalue weighted by Crippen LogP contribution is 2.31. The van der Waals surface area contributed by atoms with Crippen LogP contribution in [0.25, 0.3) is 0 Å². The molecule has 0 spiro atoms. The number of thiophene rings is 1. The summed E-state index contributed by atoms with van der Waals surface area (Å²) >= 11 is 8.82. The predicted octanol–water partition coefficient (Wildman–Crippen LogP) is 4.10. The first-order valence-electron chi connectivity index (χ1n) is 5.14. The number of carbonyl (C=O) groups is 1. The van der Waals surface area contributed by atoms with Crippen LogP contribution < -0.4 is 0 Å². The summed E-state index contributed by atoms with van der Waals surface area (Å²) < 4.78 is 0. The predicted molar refractivity (Wildman–Crippen MR) is 74.8 cm³/mol. The van der Waals surface area contributed by atoms with Crippen LogP contribution in [0.1, 0.15) is 20.1 Å². The molecule has 0 saturated carbocycles. The lowest BCUT2D eigenvalue weighted by molar-refractivity contribution is 0.0702. The van der Waals surface area contributed by atoms with Crippen LogP contribution in [0.5, 0.6) is 0 Å². The standard InChI is InChI=1S/C12H10ClNO2S2/c1-7-8(5-10(18-7)12(15)16)6-17-11-9(13)3-2-4-14-11/h2-5H,6H2,1H3,(H,15,16). The summed E-state index contributed by atoms with van der Waals surface area (Å²) in [5.74, 6) is -0.206. The quantitative estimate of drug-likeness (QED) is 0.864. The molecule has 0 aliphatic heterocycles. The largest absolute Gasteiger partial charge is 0.477 e. The third-order valence-electron chi connectivity index (χ3n) is 2.32. The first-order valence-corrected chi connectivity index (χ1v) is 7.32. The molecule has 0 fully saturated rings. The summed E-state index contributed by atoms with van der Waals surface area (Å²) in [7, 11) is 0. The molecule has 0 radical (unpaired) electrons. The Bertz CT molecular complexity index is 583. The van der Waals surface area contributed by atoms with Gasteiger partial charge in [0.1, 0.15) is 9.90 Å². The third-order valence-corrected chi connectivity index (χ3v) is 4.87. The topological polar surface area (TPSA) is 50.2 Å². The molecule has 2 rings (SSSR count). The average molecular weight is 300 g/mol. The van der Waals surface area contributed by atoms with E-state index in [-0.39, 0.29) is 0 Å². The van der Waals surface area contributed by atoms with E-state index in [1.807, 2.05) is 6.92 Å². The van der Waals surface area contributed by atoms with E-state index in [2.05, 4.69) is 4.98 Å². The molecular formula is C12H10ClNO2S2. The van der Waals surface area contributed by atoms with E-state index in [1.54, 1.807) is 24.4 Å². The Morgan fingerprint density at radius 1 is 1.61 bits per heavy atom. The number of rotatable bonds is 4. The maximum absolute atomic E-state index is 10.9. The van der Waals surface area contributed by atoms with E-state index < -0.39 is 5.97 Å². The summed E-state index contributed by atoms with van der Waals surface area (Å²) in [6, 6.07) is 5.29. The lowest BCUT2D eigenvalue weighted by atomic mass is 10.3. The van der Waals surface area contributed by atoms with Crippen molar-refractivity contribution in [1.82, 2.24) is 4.98 Å². The van der Waals surface area contributed by atoms with Crippen LogP contribution in [-0.2, 0) is 5.75 Å². The monoisotopic (exact) mass is 299 g/mol. The fraction of sp³-hybridized carbons (Fsp3) is 0.167. The Labute approximate surface area is 118 Å². The summed E-state index contributed by atoms with van der Waals surface area (Å²) in [6.45, 7) is 1.92. The number of nitrogens with zero attached hydrogens (tertiary/aromatic N) is 1. The van der Waals surface area contributed by atoms with E-state index >= 15 is 0 Å². The minimum atomic E-state index is -0.879. The number of aromatic carboxylic acids is 1. The molecule has 3 nitrogen and oxygen atoms in total. The van der Waals surface area contributed by atoms with E-state index in [0.717, 1.165) is 15.5 Å². The third kappa shape index (κ3) is 3.04. The SMILES string of the molecule is Cc1sc(C(=O)O)cc1CSc1ncccc1Cl. The zero-order valence-corrected chi connectivity index (χ0v) is 11.9. The molecule has 94 valence electrons. The second-order valence-corrected chi connectivity index (χ2v) is 6.20. The Hall–Kier alpha value is -1.04. The van der Waals surface area contributed by atoms with Crippen LogP contribution in [-0.4, -0.2) is 16.1 Å². The number of thioether (sulfide) groups is 1. The number of aryl methyl sites for hydroxylation is 1. The molecule has 2 aromatic heterocycles. The van der Waals surface area contributed by atoms with Crippen molar-refractivity contribution >= 4 is 40.7 Å². The first kappa shape index (κ1) is 13.4. The van der Waals surface area contributed by atoms with Gasteiger partial charge < -0.3 is 5.11 Å². The molecule has 6 heteroatoms. The minimum absolute atomic E-state index is 0.371. The van der Waals surface area contributed by atoms with Gasteiger partial charge >= 0.3 is 5.97 Å². The Morgan fingerprint density at radius 3 is 3.00 bits per heavy atom. The van der Waals surface area contributed by atoms with Gasteiger partial charge in [0, 0.05) is 16.8 Å². The van der Waals surface area contributed by atoms with Gasteiger partial charge in [0.05, 0.1) is 5.02 Å². The molecule has 0 unspecified atom stereocenters. The van der Waals surface area contributed by atoms with Crippen LogP contribution in [0.3, 0.4) is 0 Å². The Balaban J connectivity index is 2.11. The van der Waals surface area contributed by atoms with Crippen LogP contribution in [0, 0.1) is 6.92 Å². The maximum atomic E-state index is 10.9. The van der Waals surface area contributed by atoms with Crippen molar-refractivity contribution in [2.24, 2.45) is 0 Å². The van der Waals surface area contributed by atoms with Gasteiger partial charge in [-0.3, -0.25) is 0 Å². The summed E-state index contributed by atoms with van der Waals surface area (Å²) in [6.07, 6.45) is 1.69. The van der Waals surface area contributed by atoms with Gasteiger partial charge in [-0.1, -0.05) is 11.6 Å².